The van der Waals surface area contributed by atoms with E-state index in [2.05, 4.69) is 0 Å². The minimum atomic E-state index is -4.93. The molecular formula is C10H12F3NO4. The number of alkyl halides is 3. The van der Waals surface area contributed by atoms with Crippen molar-refractivity contribution < 1.29 is 32.6 Å². The van der Waals surface area contributed by atoms with Crippen LogP contribution in [0, 0.1) is 0 Å². The maximum absolute atomic E-state index is 12.0. The number of halogens is 3. The monoisotopic (exact) mass is 267 g/mol. The highest BCUT2D eigenvalue weighted by Crippen LogP contribution is 2.50. The number of rotatable bonds is 3. The van der Waals surface area contributed by atoms with Gasteiger partial charge in [-0.25, -0.2) is 4.79 Å². The van der Waals surface area contributed by atoms with Crippen LogP contribution in [0.4, 0.5) is 13.2 Å². The van der Waals surface area contributed by atoms with E-state index in [1.54, 1.807) is 5.32 Å². The van der Waals surface area contributed by atoms with Gasteiger partial charge in [0.15, 0.2) is 5.60 Å². The zero-order chi connectivity index (χ0) is 13.6. The zero-order valence-corrected chi connectivity index (χ0v) is 9.34. The molecule has 102 valence electrons. The summed E-state index contributed by atoms with van der Waals surface area (Å²) in [6, 6.07) is 0. The molecule has 0 radical (unpaired) electrons. The number of fused-ring (bicyclic) bond motifs is 2. The van der Waals surface area contributed by atoms with Crippen molar-refractivity contribution >= 4 is 11.9 Å². The summed E-state index contributed by atoms with van der Waals surface area (Å²) in [7, 11) is 0. The zero-order valence-electron chi connectivity index (χ0n) is 9.34. The highest BCUT2D eigenvalue weighted by Gasteiger charge is 2.60. The Morgan fingerprint density at radius 1 is 1.22 bits per heavy atom. The first-order chi connectivity index (χ1) is 8.19. The highest BCUT2D eigenvalue weighted by molar-refractivity contribution is 5.82. The lowest BCUT2D eigenvalue weighted by Gasteiger charge is -2.24. The Morgan fingerprint density at radius 2 is 1.78 bits per heavy atom. The Hall–Kier alpha value is -1.31. The molecule has 0 saturated carbocycles. The van der Waals surface area contributed by atoms with Crippen LogP contribution in [0.1, 0.15) is 25.7 Å². The SMILES string of the molecule is O=C(NCC12CCC(C(=O)O)(CC1)O2)C(F)(F)F. The minimum absolute atomic E-state index is 0.268. The van der Waals surface area contributed by atoms with Gasteiger partial charge in [0, 0.05) is 6.54 Å². The maximum Gasteiger partial charge on any atom is 0.471 e. The van der Waals surface area contributed by atoms with E-state index in [4.69, 9.17) is 9.84 Å². The number of ether oxygens (including phenoxy) is 1. The lowest BCUT2D eigenvalue weighted by Crippen LogP contribution is -2.46. The fourth-order valence-electron chi connectivity index (χ4n) is 2.54. The molecule has 0 aliphatic carbocycles. The van der Waals surface area contributed by atoms with E-state index in [9.17, 15) is 22.8 Å². The molecule has 0 aromatic heterocycles. The molecule has 2 N–H and O–H groups in total. The standard InChI is InChI=1S/C10H12F3NO4/c11-10(12,13)6(15)14-5-8-1-3-9(18-8,4-2-8)7(16)17/h1-5H2,(H,14,15)(H,16,17). The molecule has 0 spiro atoms. The van der Waals surface area contributed by atoms with E-state index in [1.807, 2.05) is 0 Å². The van der Waals surface area contributed by atoms with Gasteiger partial charge in [0.05, 0.1) is 5.60 Å². The summed E-state index contributed by atoms with van der Waals surface area (Å²) in [4.78, 5) is 21.7. The summed E-state index contributed by atoms with van der Waals surface area (Å²) in [5, 5.41) is 10.8. The Bertz CT molecular complexity index is 385. The van der Waals surface area contributed by atoms with E-state index in [0.717, 1.165) is 0 Å². The van der Waals surface area contributed by atoms with Gasteiger partial charge in [-0.1, -0.05) is 0 Å². The van der Waals surface area contributed by atoms with Crippen molar-refractivity contribution in [3.63, 3.8) is 0 Å². The van der Waals surface area contributed by atoms with Gasteiger partial charge in [-0.15, -0.1) is 0 Å². The minimum Gasteiger partial charge on any atom is -0.479 e. The predicted octanol–water partition coefficient (Wildman–Crippen LogP) is 0.831. The van der Waals surface area contributed by atoms with Crippen LogP contribution < -0.4 is 5.32 Å². The first-order valence-corrected chi connectivity index (χ1v) is 5.48. The van der Waals surface area contributed by atoms with Gasteiger partial charge in [-0.05, 0) is 25.7 Å². The molecule has 2 aliphatic rings. The maximum atomic E-state index is 12.0. The average molecular weight is 267 g/mol. The van der Waals surface area contributed by atoms with Crippen LogP contribution in [0.15, 0.2) is 0 Å². The second kappa shape index (κ2) is 3.84. The molecule has 18 heavy (non-hydrogen) atoms. The third-order valence-corrected chi connectivity index (χ3v) is 3.60. The Labute approximate surface area is 100 Å². The van der Waals surface area contributed by atoms with Gasteiger partial charge in [0.1, 0.15) is 0 Å². The van der Waals surface area contributed by atoms with Crippen molar-refractivity contribution in [2.75, 3.05) is 6.54 Å². The number of amides is 1. The fourth-order valence-corrected chi connectivity index (χ4v) is 2.54. The summed E-state index contributed by atoms with van der Waals surface area (Å²) in [6.07, 6.45) is -3.71. The van der Waals surface area contributed by atoms with Crippen molar-refractivity contribution in [3.8, 4) is 0 Å². The first-order valence-electron chi connectivity index (χ1n) is 5.48. The molecule has 0 aromatic rings. The number of carboxylic acids is 1. The van der Waals surface area contributed by atoms with Gasteiger partial charge < -0.3 is 15.2 Å². The van der Waals surface area contributed by atoms with Gasteiger partial charge in [-0.3, -0.25) is 4.79 Å². The third kappa shape index (κ3) is 2.05. The van der Waals surface area contributed by atoms with Gasteiger partial charge in [-0.2, -0.15) is 13.2 Å². The Balaban J connectivity index is 1.97. The van der Waals surface area contributed by atoms with Crippen LogP contribution in [0.2, 0.25) is 0 Å². The molecule has 0 unspecified atom stereocenters. The van der Waals surface area contributed by atoms with Gasteiger partial charge in [0.2, 0.25) is 0 Å². The molecule has 2 aliphatic heterocycles. The number of nitrogens with one attached hydrogen (secondary N) is 1. The van der Waals surface area contributed by atoms with Crippen molar-refractivity contribution in [2.24, 2.45) is 0 Å². The topological polar surface area (TPSA) is 75.6 Å². The van der Waals surface area contributed by atoms with Crippen molar-refractivity contribution in [2.45, 2.75) is 43.1 Å². The number of carboxylic acid groups (broad SMARTS) is 1. The molecule has 2 bridgehead atoms. The van der Waals surface area contributed by atoms with Crippen molar-refractivity contribution in [1.82, 2.24) is 5.32 Å². The highest BCUT2D eigenvalue weighted by atomic mass is 19.4. The Kier molecular flexibility index (Phi) is 2.80. The van der Waals surface area contributed by atoms with E-state index >= 15 is 0 Å². The molecule has 2 rings (SSSR count). The second-order valence-electron chi connectivity index (χ2n) is 4.76. The Morgan fingerprint density at radius 3 is 2.17 bits per heavy atom. The number of hydrogen-bond acceptors (Lipinski definition) is 3. The summed E-state index contributed by atoms with van der Waals surface area (Å²) < 4.78 is 41.4. The van der Waals surface area contributed by atoms with Gasteiger partial charge >= 0.3 is 18.1 Å². The molecule has 1 amide bonds. The summed E-state index contributed by atoms with van der Waals surface area (Å²) >= 11 is 0. The molecule has 2 saturated heterocycles. The van der Waals surface area contributed by atoms with Crippen molar-refractivity contribution in [3.05, 3.63) is 0 Å². The van der Waals surface area contributed by atoms with E-state index in [-0.39, 0.29) is 19.4 Å². The number of carbonyl (C=O) groups is 2. The lowest BCUT2D eigenvalue weighted by atomic mass is 9.82. The summed E-state index contributed by atoms with van der Waals surface area (Å²) in [5.74, 6) is -3.12. The normalized spacial score (nSPS) is 34.6. The lowest BCUT2D eigenvalue weighted by molar-refractivity contribution is -0.175. The van der Waals surface area contributed by atoms with Crippen molar-refractivity contribution in [1.29, 1.82) is 0 Å². The molecule has 2 fully saturated rings. The van der Waals surface area contributed by atoms with E-state index in [0.29, 0.717) is 12.8 Å². The molecular weight excluding hydrogens is 255 g/mol. The van der Waals surface area contributed by atoms with Crippen LogP contribution >= 0.6 is 0 Å². The van der Waals surface area contributed by atoms with Gasteiger partial charge in [0.25, 0.3) is 0 Å². The van der Waals surface area contributed by atoms with E-state index < -0.39 is 29.3 Å². The summed E-state index contributed by atoms with van der Waals surface area (Å²) in [6.45, 7) is -0.305. The first kappa shape index (κ1) is 13.1. The van der Waals surface area contributed by atoms with Crippen LogP contribution in [0.3, 0.4) is 0 Å². The fraction of sp³-hybridized carbons (Fsp3) is 0.800. The predicted molar refractivity (Wildman–Crippen MR) is 51.7 cm³/mol. The molecule has 0 atom stereocenters. The molecule has 8 heteroatoms. The average Bonchev–Trinajstić information content (AvgIpc) is 2.82. The molecule has 0 aromatic carbocycles. The number of hydrogen-bond donors (Lipinski definition) is 2. The molecule has 2 heterocycles. The van der Waals surface area contributed by atoms with E-state index in [1.165, 1.54) is 0 Å². The van der Waals surface area contributed by atoms with Crippen LogP contribution in [0.25, 0.3) is 0 Å². The molecule has 5 nitrogen and oxygen atoms in total. The summed E-state index contributed by atoms with van der Waals surface area (Å²) in [5.41, 5.74) is -2.23. The largest absolute Gasteiger partial charge is 0.479 e. The van der Waals surface area contributed by atoms with Crippen LogP contribution in [-0.2, 0) is 14.3 Å². The number of aliphatic carboxylic acids is 1. The van der Waals surface area contributed by atoms with Crippen LogP contribution in [0.5, 0.6) is 0 Å². The quantitative estimate of drug-likeness (QED) is 0.794. The smallest absolute Gasteiger partial charge is 0.471 e. The van der Waals surface area contributed by atoms with Crippen LogP contribution in [-0.4, -0.2) is 40.9 Å². The number of carbonyl (C=O) groups excluding carboxylic acids is 1. The second-order valence-corrected chi connectivity index (χ2v) is 4.76. The third-order valence-electron chi connectivity index (χ3n) is 3.60.